The maximum absolute atomic E-state index is 12.2. The highest BCUT2D eigenvalue weighted by atomic mass is 16.5. The second-order valence-corrected chi connectivity index (χ2v) is 5.74. The molecule has 1 amide bonds. The van der Waals surface area contributed by atoms with Gasteiger partial charge in [-0.2, -0.15) is 10.2 Å². The third-order valence-corrected chi connectivity index (χ3v) is 3.20. The number of hydrogen-bond acceptors (Lipinski definition) is 4. The molecule has 2 rings (SSSR count). The fourth-order valence-corrected chi connectivity index (χ4v) is 2.24. The number of nitrogens with zero attached hydrogens (tertiary/aromatic N) is 3. The molecule has 2 aromatic heterocycles. The van der Waals surface area contributed by atoms with Gasteiger partial charge in [-0.15, -0.1) is 0 Å². The summed E-state index contributed by atoms with van der Waals surface area (Å²) in [5, 5.41) is 14.2. The summed E-state index contributed by atoms with van der Waals surface area (Å²) in [6.07, 6.45) is 0.863. The summed E-state index contributed by atoms with van der Waals surface area (Å²) in [4.78, 5) is 12.2. The quantitative estimate of drug-likeness (QED) is 0.810. The fraction of sp³-hybridized carbons (Fsp3) is 0.533. The van der Waals surface area contributed by atoms with Crippen molar-refractivity contribution in [1.82, 2.24) is 25.3 Å². The lowest BCUT2D eigenvalue weighted by atomic mass is 10.1. The largest absolute Gasteiger partial charge is 0.378 e. The zero-order valence-electron chi connectivity index (χ0n) is 13.5. The molecule has 22 heavy (non-hydrogen) atoms. The van der Waals surface area contributed by atoms with E-state index in [1.807, 2.05) is 12.1 Å². The summed E-state index contributed by atoms with van der Waals surface area (Å²) in [6, 6.07) is 3.72. The molecule has 0 aromatic carbocycles. The van der Waals surface area contributed by atoms with Crippen molar-refractivity contribution in [3.63, 3.8) is 0 Å². The lowest BCUT2D eigenvalue weighted by Crippen LogP contribution is -2.25. The Bertz CT molecular complexity index is 630. The van der Waals surface area contributed by atoms with Gasteiger partial charge in [0, 0.05) is 14.2 Å². The fourth-order valence-electron chi connectivity index (χ4n) is 2.24. The van der Waals surface area contributed by atoms with Crippen LogP contribution in [-0.4, -0.2) is 33.0 Å². The standard InChI is InChI=1S/C15H23N5O2/c1-10(2)5-11-7-14(20(3)19-11)15(21)16-8-12-6-13(9-22-4)18-17-12/h6-7,10H,5,8-9H2,1-4H3,(H,16,21)(H,17,18). The first-order chi connectivity index (χ1) is 10.5. The third-order valence-electron chi connectivity index (χ3n) is 3.20. The van der Waals surface area contributed by atoms with Crippen LogP contribution in [0.4, 0.5) is 0 Å². The zero-order chi connectivity index (χ0) is 16.1. The third kappa shape index (κ3) is 4.17. The van der Waals surface area contributed by atoms with Gasteiger partial charge in [0.2, 0.25) is 0 Å². The molecule has 2 aromatic rings. The number of aromatic amines is 1. The normalized spacial score (nSPS) is 11.1. The predicted octanol–water partition coefficient (Wildman–Crippen LogP) is 1.42. The van der Waals surface area contributed by atoms with Gasteiger partial charge in [0.15, 0.2) is 0 Å². The number of methoxy groups -OCH3 is 1. The van der Waals surface area contributed by atoms with Gasteiger partial charge in [0.25, 0.3) is 5.91 Å². The maximum Gasteiger partial charge on any atom is 0.269 e. The molecule has 0 unspecified atom stereocenters. The summed E-state index contributed by atoms with van der Waals surface area (Å²) < 4.78 is 6.63. The molecule has 0 saturated heterocycles. The van der Waals surface area contributed by atoms with Crippen molar-refractivity contribution in [2.75, 3.05) is 7.11 Å². The smallest absolute Gasteiger partial charge is 0.269 e. The van der Waals surface area contributed by atoms with Gasteiger partial charge in [-0.1, -0.05) is 13.8 Å². The van der Waals surface area contributed by atoms with Crippen molar-refractivity contribution in [2.45, 2.75) is 33.4 Å². The lowest BCUT2D eigenvalue weighted by Gasteiger charge is -2.03. The van der Waals surface area contributed by atoms with Crippen molar-refractivity contribution < 1.29 is 9.53 Å². The van der Waals surface area contributed by atoms with Gasteiger partial charge in [-0.05, 0) is 24.5 Å². The van der Waals surface area contributed by atoms with Crippen LogP contribution < -0.4 is 5.32 Å². The van der Waals surface area contributed by atoms with E-state index in [9.17, 15) is 4.79 Å². The molecule has 7 nitrogen and oxygen atoms in total. The topological polar surface area (TPSA) is 84.8 Å². The minimum atomic E-state index is -0.145. The maximum atomic E-state index is 12.2. The van der Waals surface area contributed by atoms with E-state index in [0.717, 1.165) is 23.5 Å². The van der Waals surface area contributed by atoms with Crippen LogP contribution in [0.1, 0.15) is 41.4 Å². The average molecular weight is 305 g/mol. The number of carbonyl (C=O) groups excluding carboxylic acids is 1. The minimum absolute atomic E-state index is 0.145. The van der Waals surface area contributed by atoms with Gasteiger partial charge in [0.05, 0.1) is 30.2 Å². The Kier molecular flexibility index (Phi) is 5.32. The van der Waals surface area contributed by atoms with Crippen LogP contribution in [-0.2, 0) is 31.4 Å². The molecule has 2 heterocycles. The number of amides is 1. The van der Waals surface area contributed by atoms with E-state index in [-0.39, 0.29) is 5.91 Å². The minimum Gasteiger partial charge on any atom is -0.378 e. The molecule has 7 heteroatoms. The average Bonchev–Trinajstić information content (AvgIpc) is 3.03. The molecular weight excluding hydrogens is 282 g/mol. The Labute approximate surface area is 130 Å². The molecule has 0 aliphatic heterocycles. The van der Waals surface area contributed by atoms with Gasteiger partial charge in [-0.3, -0.25) is 14.6 Å². The van der Waals surface area contributed by atoms with Crippen LogP contribution in [0.15, 0.2) is 12.1 Å². The van der Waals surface area contributed by atoms with Gasteiger partial charge in [-0.25, -0.2) is 0 Å². The second-order valence-electron chi connectivity index (χ2n) is 5.74. The first-order valence-electron chi connectivity index (χ1n) is 7.32. The Balaban J connectivity index is 1.95. The molecule has 0 saturated carbocycles. The monoisotopic (exact) mass is 305 g/mol. The second kappa shape index (κ2) is 7.22. The highest BCUT2D eigenvalue weighted by molar-refractivity contribution is 5.92. The van der Waals surface area contributed by atoms with Crippen molar-refractivity contribution in [1.29, 1.82) is 0 Å². The molecular formula is C15H23N5O2. The van der Waals surface area contributed by atoms with E-state index in [2.05, 4.69) is 34.5 Å². The predicted molar refractivity (Wildman–Crippen MR) is 82.2 cm³/mol. The van der Waals surface area contributed by atoms with Crippen LogP contribution in [0.25, 0.3) is 0 Å². The van der Waals surface area contributed by atoms with Crippen molar-refractivity contribution in [2.24, 2.45) is 13.0 Å². The Morgan fingerprint density at radius 3 is 2.86 bits per heavy atom. The number of aromatic nitrogens is 4. The SMILES string of the molecule is COCc1cc(CNC(=O)c2cc(CC(C)C)nn2C)[nH]n1. The van der Waals surface area contributed by atoms with E-state index < -0.39 is 0 Å². The Morgan fingerprint density at radius 1 is 1.41 bits per heavy atom. The highest BCUT2D eigenvalue weighted by Crippen LogP contribution is 2.09. The Hall–Kier alpha value is -2.15. The highest BCUT2D eigenvalue weighted by Gasteiger charge is 2.14. The summed E-state index contributed by atoms with van der Waals surface area (Å²) >= 11 is 0. The van der Waals surface area contributed by atoms with Crippen LogP contribution >= 0.6 is 0 Å². The van der Waals surface area contributed by atoms with E-state index in [4.69, 9.17) is 4.74 Å². The molecule has 0 spiro atoms. The van der Waals surface area contributed by atoms with Crippen LogP contribution in [0.3, 0.4) is 0 Å². The molecule has 120 valence electrons. The number of ether oxygens (including phenoxy) is 1. The summed E-state index contributed by atoms with van der Waals surface area (Å²) in [5.74, 6) is 0.364. The van der Waals surface area contributed by atoms with Gasteiger partial charge >= 0.3 is 0 Å². The van der Waals surface area contributed by atoms with E-state index in [1.54, 1.807) is 18.8 Å². The van der Waals surface area contributed by atoms with Crippen molar-refractivity contribution in [3.8, 4) is 0 Å². The van der Waals surface area contributed by atoms with Crippen LogP contribution in [0.2, 0.25) is 0 Å². The van der Waals surface area contributed by atoms with Crippen molar-refractivity contribution >= 4 is 5.91 Å². The van der Waals surface area contributed by atoms with E-state index in [0.29, 0.717) is 24.8 Å². The van der Waals surface area contributed by atoms with Gasteiger partial charge < -0.3 is 10.1 Å². The van der Waals surface area contributed by atoms with Gasteiger partial charge in [0.1, 0.15) is 5.69 Å². The molecule has 0 atom stereocenters. The Morgan fingerprint density at radius 2 is 2.18 bits per heavy atom. The first kappa shape index (κ1) is 16.2. The van der Waals surface area contributed by atoms with E-state index >= 15 is 0 Å². The number of hydrogen-bond donors (Lipinski definition) is 2. The lowest BCUT2D eigenvalue weighted by molar-refractivity contribution is 0.0941. The molecule has 0 radical (unpaired) electrons. The summed E-state index contributed by atoms with van der Waals surface area (Å²) in [7, 11) is 3.40. The number of carbonyl (C=O) groups is 1. The number of nitrogens with one attached hydrogen (secondary N) is 2. The number of H-pyrrole nitrogens is 1. The summed E-state index contributed by atoms with van der Waals surface area (Å²) in [5.41, 5.74) is 3.15. The zero-order valence-corrected chi connectivity index (χ0v) is 13.5. The molecule has 0 aliphatic carbocycles. The number of rotatable bonds is 7. The first-order valence-corrected chi connectivity index (χ1v) is 7.32. The van der Waals surface area contributed by atoms with Crippen molar-refractivity contribution in [3.05, 3.63) is 34.9 Å². The molecule has 0 aliphatic rings. The molecule has 2 N–H and O–H groups in total. The summed E-state index contributed by atoms with van der Waals surface area (Å²) in [6.45, 7) is 5.10. The molecule has 0 fully saturated rings. The van der Waals surface area contributed by atoms with Crippen LogP contribution in [0, 0.1) is 5.92 Å². The van der Waals surface area contributed by atoms with Crippen LogP contribution in [0.5, 0.6) is 0 Å². The number of aryl methyl sites for hydroxylation is 1. The van der Waals surface area contributed by atoms with E-state index in [1.165, 1.54) is 0 Å². The molecule has 0 bridgehead atoms.